The molecule has 0 spiro atoms. The molecule has 188 valence electrons. The Kier molecular flexibility index (Phi) is 10.3. The van der Waals surface area contributed by atoms with Gasteiger partial charge in [0.2, 0.25) is 5.91 Å². The number of benzene rings is 2. The third-order valence-corrected chi connectivity index (χ3v) is 4.71. The lowest BCUT2D eigenvalue weighted by atomic mass is 10.1. The van der Waals surface area contributed by atoms with Gasteiger partial charge in [-0.3, -0.25) is 9.59 Å². The van der Waals surface area contributed by atoms with Gasteiger partial charge in [0.05, 0.1) is 13.5 Å². The van der Waals surface area contributed by atoms with E-state index in [1.807, 2.05) is 24.3 Å². The predicted octanol–water partition coefficient (Wildman–Crippen LogP) is 2.91. The lowest BCUT2D eigenvalue weighted by molar-refractivity contribution is -0.147. The molecule has 0 unspecified atom stereocenters. The minimum Gasteiger partial charge on any atom is -0.467 e. The van der Waals surface area contributed by atoms with Gasteiger partial charge in [-0.05, 0) is 31.9 Å². The second kappa shape index (κ2) is 13.1. The third kappa shape index (κ3) is 10.3. The number of carbonyl (C=O) groups is 4. The Morgan fingerprint density at radius 1 is 0.829 bits per heavy atom. The SMILES string of the molecule is COC(=O)[C@@H](Cc1ccccc1)NC(=O)[C@H](CC(=O)OCc1ccccc1)NC(=O)OC(C)(C)C. The second-order valence-corrected chi connectivity index (χ2v) is 8.82. The van der Waals surface area contributed by atoms with Crippen molar-refractivity contribution < 1.29 is 33.4 Å². The second-order valence-electron chi connectivity index (χ2n) is 8.82. The first-order valence-corrected chi connectivity index (χ1v) is 11.2. The summed E-state index contributed by atoms with van der Waals surface area (Å²) >= 11 is 0. The zero-order valence-electron chi connectivity index (χ0n) is 20.4. The van der Waals surface area contributed by atoms with Crippen LogP contribution in [-0.4, -0.2) is 48.7 Å². The Labute approximate surface area is 205 Å². The molecule has 2 N–H and O–H groups in total. The fraction of sp³-hybridized carbons (Fsp3) is 0.385. The largest absolute Gasteiger partial charge is 0.467 e. The average Bonchev–Trinajstić information content (AvgIpc) is 2.81. The van der Waals surface area contributed by atoms with Crippen LogP contribution in [0, 0.1) is 0 Å². The molecular formula is C26H32N2O7. The van der Waals surface area contributed by atoms with E-state index < -0.39 is 48.0 Å². The van der Waals surface area contributed by atoms with Gasteiger partial charge >= 0.3 is 18.0 Å². The maximum absolute atomic E-state index is 13.1. The van der Waals surface area contributed by atoms with E-state index in [2.05, 4.69) is 10.6 Å². The van der Waals surface area contributed by atoms with E-state index in [1.54, 1.807) is 57.2 Å². The summed E-state index contributed by atoms with van der Waals surface area (Å²) in [5.74, 6) is -2.12. The fourth-order valence-corrected chi connectivity index (χ4v) is 3.08. The Hall–Kier alpha value is -3.88. The minimum atomic E-state index is -1.34. The number of methoxy groups -OCH3 is 1. The standard InChI is InChI=1S/C26H32N2O7/c1-26(2,3)35-25(32)28-20(16-22(29)34-17-19-13-9-6-10-14-19)23(30)27-21(24(31)33-4)15-18-11-7-5-8-12-18/h5-14,20-21H,15-17H2,1-4H3,(H,27,30)(H,28,32)/t20-,21+/m0/s1. The van der Waals surface area contributed by atoms with Gasteiger partial charge in [0.1, 0.15) is 24.3 Å². The molecule has 0 saturated heterocycles. The van der Waals surface area contributed by atoms with E-state index in [9.17, 15) is 19.2 Å². The highest BCUT2D eigenvalue weighted by atomic mass is 16.6. The summed E-state index contributed by atoms with van der Waals surface area (Å²) in [6, 6.07) is 15.7. The van der Waals surface area contributed by atoms with Crippen LogP contribution in [0.25, 0.3) is 0 Å². The number of rotatable bonds is 10. The molecular weight excluding hydrogens is 452 g/mol. The van der Waals surface area contributed by atoms with Crippen molar-refractivity contribution in [3.05, 3.63) is 71.8 Å². The van der Waals surface area contributed by atoms with Crippen molar-refractivity contribution in [3.8, 4) is 0 Å². The number of amides is 2. The molecule has 2 amide bonds. The van der Waals surface area contributed by atoms with Crippen molar-refractivity contribution in [3.63, 3.8) is 0 Å². The van der Waals surface area contributed by atoms with Crippen molar-refractivity contribution in [1.29, 1.82) is 0 Å². The molecule has 0 aromatic heterocycles. The smallest absolute Gasteiger partial charge is 0.408 e. The summed E-state index contributed by atoms with van der Waals surface area (Å²) in [5.41, 5.74) is 0.749. The van der Waals surface area contributed by atoms with Gasteiger partial charge in [-0.25, -0.2) is 9.59 Å². The Balaban J connectivity index is 2.12. The molecule has 0 aliphatic heterocycles. The van der Waals surface area contributed by atoms with Gasteiger partial charge in [-0.2, -0.15) is 0 Å². The Morgan fingerprint density at radius 2 is 1.40 bits per heavy atom. The topological polar surface area (TPSA) is 120 Å². The van der Waals surface area contributed by atoms with Crippen LogP contribution in [0.2, 0.25) is 0 Å². The minimum absolute atomic E-state index is 0.0131. The molecule has 0 saturated carbocycles. The fourth-order valence-electron chi connectivity index (χ4n) is 3.08. The number of carbonyl (C=O) groups excluding carboxylic acids is 4. The zero-order valence-corrected chi connectivity index (χ0v) is 20.4. The summed E-state index contributed by atoms with van der Waals surface area (Å²) < 4.78 is 15.3. The highest BCUT2D eigenvalue weighted by Gasteiger charge is 2.31. The van der Waals surface area contributed by atoms with E-state index in [4.69, 9.17) is 14.2 Å². The summed E-state index contributed by atoms with van der Waals surface area (Å²) in [7, 11) is 1.21. The number of alkyl carbamates (subject to hydrolysis) is 1. The van der Waals surface area contributed by atoms with Crippen molar-refractivity contribution >= 4 is 23.9 Å². The molecule has 2 aromatic rings. The van der Waals surface area contributed by atoms with Crippen molar-refractivity contribution in [2.24, 2.45) is 0 Å². The predicted molar refractivity (Wildman–Crippen MR) is 128 cm³/mol. The number of nitrogens with one attached hydrogen (secondary N) is 2. The molecule has 0 radical (unpaired) electrons. The maximum Gasteiger partial charge on any atom is 0.408 e. The summed E-state index contributed by atoms with van der Waals surface area (Å²) in [6.07, 6.45) is -1.18. The van der Waals surface area contributed by atoms with Crippen molar-refractivity contribution in [2.75, 3.05) is 7.11 Å². The average molecular weight is 485 g/mol. The van der Waals surface area contributed by atoms with Crippen LogP contribution in [0.1, 0.15) is 38.3 Å². The highest BCUT2D eigenvalue weighted by Crippen LogP contribution is 2.10. The zero-order chi connectivity index (χ0) is 25.8. The quantitative estimate of drug-likeness (QED) is 0.393. The van der Waals surface area contributed by atoms with Crippen LogP contribution in [0.15, 0.2) is 60.7 Å². The number of ether oxygens (including phenoxy) is 3. The molecule has 0 bridgehead atoms. The summed E-state index contributed by atoms with van der Waals surface area (Å²) in [5, 5.41) is 4.97. The number of esters is 2. The Morgan fingerprint density at radius 3 is 1.94 bits per heavy atom. The first kappa shape index (κ1) is 27.4. The molecule has 0 fully saturated rings. The van der Waals surface area contributed by atoms with Gasteiger partial charge < -0.3 is 24.8 Å². The van der Waals surface area contributed by atoms with E-state index in [0.29, 0.717) is 0 Å². The monoisotopic (exact) mass is 484 g/mol. The van der Waals surface area contributed by atoms with Crippen LogP contribution in [0.3, 0.4) is 0 Å². The van der Waals surface area contributed by atoms with Crippen LogP contribution >= 0.6 is 0 Å². The number of hydrogen-bond acceptors (Lipinski definition) is 7. The normalized spacial score (nSPS) is 12.6. The molecule has 9 nitrogen and oxygen atoms in total. The summed E-state index contributed by atoms with van der Waals surface area (Å²) in [6.45, 7) is 5.02. The van der Waals surface area contributed by atoms with Crippen LogP contribution < -0.4 is 10.6 Å². The first-order valence-electron chi connectivity index (χ1n) is 11.2. The van der Waals surface area contributed by atoms with Gasteiger partial charge in [-0.15, -0.1) is 0 Å². The van der Waals surface area contributed by atoms with Gasteiger partial charge in [0.25, 0.3) is 0 Å². The maximum atomic E-state index is 13.1. The van der Waals surface area contributed by atoms with Crippen LogP contribution in [0.5, 0.6) is 0 Å². The molecule has 9 heteroatoms. The van der Waals surface area contributed by atoms with E-state index >= 15 is 0 Å². The first-order chi connectivity index (χ1) is 16.6. The molecule has 2 aromatic carbocycles. The Bertz CT molecular complexity index is 988. The van der Waals surface area contributed by atoms with Gasteiger partial charge in [0.15, 0.2) is 0 Å². The molecule has 0 aliphatic rings. The molecule has 2 rings (SSSR count). The lowest BCUT2D eigenvalue weighted by Gasteiger charge is -2.24. The van der Waals surface area contributed by atoms with Crippen LogP contribution in [0.4, 0.5) is 4.79 Å². The molecule has 0 aliphatic carbocycles. The lowest BCUT2D eigenvalue weighted by Crippen LogP contribution is -2.53. The van der Waals surface area contributed by atoms with E-state index in [-0.39, 0.29) is 13.0 Å². The van der Waals surface area contributed by atoms with Gasteiger partial charge in [0, 0.05) is 6.42 Å². The number of hydrogen-bond donors (Lipinski definition) is 2. The third-order valence-electron chi connectivity index (χ3n) is 4.71. The summed E-state index contributed by atoms with van der Waals surface area (Å²) in [4.78, 5) is 50.2. The molecule has 2 atom stereocenters. The highest BCUT2D eigenvalue weighted by molar-refractivity contribution is 5.92. The molecule has 0 heterocycles. The van der Waals surface area contributed by atoms with Crippen LogP contribution in [-0.2, 0) is 41.6 Å². The van der Waals surface area contributed by atoms with E-state index in [0.717, 1.165) is 11.1 Å². The van der Waals surface area contributed by atoms with E-state index in [1.165, 1.54) is 7.11 Å². The van der Waals surface area contributed by atoms with Crippen molar-refractivity contribution in [1.82, 2.24) is 10.6 Å². The van der Waals surface area contributed by atoms with Crippen molar-refractivity contribution in [2.45, 2.75) is 57.9 Å². The molecule has 35 heavy (non-hydrogen) atoms. The van der Waals surface area contributed by atoms with Gasteiger partial charge in [-0.1, -0.05) is 60.7 Å².